The van der Waals surface area contributed by atoms with Crippen molar-refractivity contribution in [3.8, 4) is 0 Å². The van der Waals surface area contributed by atoms with E-state index in [9.17, 15) is 4.79 Å². The first-order chi connectivity index (χ1) is 8.73. The van der Waals surface area contributed by atoms with Gasteiger partial charge < -0.3 is 14.2 Å². The highest BCUT2D eigenvalue weighted by Crippen LogP contribution is 2.39. The topological polar surface area (TPSA) is 38.8 Å². The molecule has 1 saturated heterocycles. The molecule has 5 heteroatoms. The Balaban J connectivity index is 2.09. The van der Waals surface area contributed by atoms with Crippen molar-refractivity contribution in [2.24, 2.45) is 0 Å². The quantitative estimate of drug-likeness (QED) is 0.682. The minimum absolute atomic E-state index is 0.131. The fourth-order valence-electron chi connectivity index (χ4n) is 2.39. The lowest BCUT2D eigenvalue weighted by Gasteiger charge is -2.32. The first-order valence-corrected chi connectivity index (χ1v) is 7.03. The summed E-state index contributed by atoms with van der Waals surface area (Å²) in [4.78, 5) is 13.3. The van der Waals surface area contributed by atoms with E-state index in [0.717, 1.165) is 19.4 Å². The molecule has 0 unspecified atom stereocenters. The van der Waals surface area contributed by atoms with Crippen LogP contribution in [0.1, 0.15) is 47.5 Å². The number of rotatable bonds is 1. The van der Waals surface area contributed by atoms with E-state index in [1.165, 1.54) is 5.47 Å². The molecule has 106 valence electrons. The molecule has 0 radical (unpaired) electrons. The van der Waals surface area contributed by atoms with Crippen LogP contribution in [0.15, 0.2) is 11.5 Å². The lowest BCUT2D eigenvalue weighted by atomic mass is 9.75. The number of hydrogen-bond donors (Lipinski definition) is 0. The molecule has 19 heavy (non-hydrogen) atoms. The minimum atomic E-state index is -0.301. The molecule has 1 fully saturated rings. The molecule has 0 aromatic carbocycles. The van der Waals surface area contributed by atoms with Crippen molar-refractivity contribution in [1.29, 1.82) is 0 Å². The molecule has 0 saturated carbocycles. The van der Waals surface area contributed by atoms with E-state index >= 15 is 0 Å². The lowest BCUT2D eigenvalue weighted by molar-refractivity contribution is -0.128. The summed E-state index contributed by atoms with van der Waals surface area (Å²) in [5.74, 6) is 0.131. The molecule has 0 spiro atoms. The molecule has 0 bridgehead atoms. The molecule has 1 amide bonds. The molecule has 4 nitrogen and oxygen atoms in total. The molecular weight excluding hydrogens is 241 g/mol. The first-order valence-electron chi connectivity index (χ1n) is 7.03. The Labute approximate surface area is 116 Å². The fourth-order valence-corrected chi connectivity index (χ4v) is 2.39. The van der Waals surface area contributed by atoms with Crippen molar-refractivity contribution in [2.75, 3.05) is 13.1 Å². The number of hydrogen-bond acceptors (Lipinski definition) is 3. The Hall–Kier alpha value is -0.805. The summed E-state index contributed by atoms with van der Waals surface area (Å²) in [6.45, 7) is 11.3. The normalized spacial score (nSPS) is 26.1. The second-order valence-corrected chi connectivity index (χ2v) is 6.44. The maximum Gasteiger partial charge on any atom is 0.490 e. The molecule has 2 rings (SSSR count). The molecule has 0 atom stereocenters. The van der Waals surface area contributed by atoms with E-state index in [1.807, 2.05) is 4.90 Å². The van der Waals surface area contributed by atoms with Gasteiger partial charge in [0.05, 0.1) is 11.2 Å². The summed E-state index contributed by atoms with van der Waals surface area (Å²) >= 11 is 0. The SMILES string of the molecule is CC(=O)N1CC=C(B2OC(C)(C)C(C)(C)O2)CCC1. The Morgan fingerprint density at radius 1 is 1.26 bits per heavy atom. The van der Waals surface area contributed by atoms with Crippen LogP contribution >= 0.6 is 0 Å². The second-order valence-electron chi connectivity index (χ2n) is 6.44. The van der Waals surface area contributed by atoms with Crippen molar-refractivity contribution in [2.45, 2.75) is 58.7 Å². The van der Waals surface area contributed by atoms with Crippen LogP contribution in [0.25, 0.3) is 0 Å². The maximum atomic E-state index is 11.4. The highest BCUT2D eigenvalue weighted by atomic mass is 16.7. The zero-order valence-corrected chi connectivity index (χ0v) is 12.7. The predicted octanol–water partition coefficient (Wildman–Crippen LogP) is 2.19. The van der Waals surface area contributed by atoms with Crippen molar-refractivity contribution < 1.29 is 14.1 Å². The van der Waals surface area contributed by atoms with E-state index in [4.69, 9.17) is 9.31 Å². The lowest BCUT2D eigenvalue weighted by Crippen LogP contribution is -2.41. The molecule has 2 aliphatic heterocycles. The molecule has 0 aliphatic carbocycles. The molecule has 0 N–H and O–H groups in total. The van der Waals surface area contributed by atoms with Gasteiger partial charge in [-0.15, -0.1) is 0 Å². The molecule has 2 heterocycles. The zero-order valence-electron chi connectivity index (χ0n) is 12.7. The summed E-state index contributed by atoms with van der Waals surface area (Å²) in [7, 11) is -0.267. The maximum absolute atomic E-state index is 11.4. The Morgan fingerprint density at radius 3 is 2.37 bits per heavy atom. The number of carbonyl (C=O) groups excluding carboxylic acids is 1. The third-order valence-electron chi connectivity index (χ3n) is 4.47. The molecule has 2 aliphatic rings. The molecular formula is C14H24BNO3. The van der Waals surface area contributed by atoms with Gasteiger partial charge in [0.25, 0.3) is 0 Å². The van der Waals surface area contributed by atoms with Crippen LogP contribution in [-0.4, -0.2) is 42.2 Å². The van der Waals surface area contributed by atoms with Gasteiger partial charge in [-0.05, 0) is 46.0 Å². The van der Waals surface area contributed by atoms with Crippen LogP contribution in [0.2, 0.25) is 0 Å². The van der Waals surface area contributed by atoms with Gasteiger partial charge in [-0.1, -0.05) is 6.08 Å². The van der Waals surface area contributed by atoms with Crippen LogP contribution in [0.5, 0.6) is 0 Å². The van der Waals surface area contributed by atoms with Gasteiger partial charge in [0.2, 0.25) is 5.91 Å². The number of carbonyl (C=O) groups is 1. The molecule has 0 aromatic heterocycles. The number of amides is 1. The summed E-state index contributed by atoms with van der Waals surface area (Å²) < 4.78 is 12.1. The fraction of sp³-hybridized carbons (Fsp3) is 0.786. The Kier molecular flexibility index (Phi) is 3.80. The van der Waals surface area contributed by atoms with Crippen LogP contribution in [0.3, 0.4) is 0 Å². The van der Waals surface area contributed by atoms with Gasteiger partial charge in [0.1, 0.15) is 0 Å². The zero-order chi connectivity index (χ0) is 14.3. The van der Waals surface area contributed by atoms with Gasteiger partial charge in [-0.25, -0.2) is 0 Å². The van der Waals surface area contributed by atoms with E-state index in [0.29, 0.717) is 6.54 Å². The largest absolute Gasteiger partial charge is 0.490 e. The van der Waals surface area contributed by atoms with Gasteiger partial charge in [-0.2, -0.15) is 0 Å². The third-order valence-corrected chi connectivity index (χ3v) is 4.47. The van der Waals surface area contributed by atoms with E-state index in [-0.39, 0.29) is 24.2 Å². The third kappa shape index (κ3) is 2.87. The van der Waals surface area contributed by atoms with Gasteiger partial charge >= 0.3 is 7.12 Å². The second kappa shape index (κ2) is 4.95. The van der Waals surface area contributed by atoms with Gasteiger partial charge in [0, 0.05) is 20.0 Å². The highest BCUT2D eigenvalue weighted by Gasteiger charge is 2.52. The highest BCUT2D eigenvalue weighted by molar-refractivity contribution is 6.54. The van der Waals surface area contributed by atoms with E-state index < -0.39 is 0 Å². The van der Waals surface area contributed by atoms with Crippen molar-refractivity contribution in [1.82, 2.24) is 4.90 Å². The summed E-state index contributed by atoms with van der Waals surface area (Å²) in [5.41, 5.74) is 0.568. The standard InChI is InChI=1S/C14H24BNO3/c1-11(17)16-9-6-7-12(8-10-16)15-18-13(2,3)14(4,5)19-15/h8H,6-7,9-10H2,1-5H3. The van der Waals surface area contributed by atoms with E-state index in [2.05, 4.69) is 33.8 Å². The number of nitrogens with zero attached hydrogens (tertiary/aromatic N) is 1. The van der Waals surface area contributed by atoms with E-state index in [1.54, 1.807) is 6.92 Å². The Morgan fingerprint density at radius 2 is 1.84 bits per heavy atom. The van der Waals surface area contributed by atoms with Crippen LogP contribution in [-0.2, 0) is 14.1 Å². The van der Waals surface area contributed by atoms with Gasteiger partial charge in [-0.3, -0.25) is 4.79 Å². The van der Waals surface area contributed by atoms with Crippen LogP contribution in [0.4, 0.5) is 0 Å². The molecule has 0 aromatic rings. The van der Waals surface area contributed by atoms with Gasteiger partial charge in [0.15, 0.2) is 0 Å². The first kappa shape index (κ1) is 14.6. The average molecular weight is 265 g/mol. The van der Waals surface area contributed by atoms with Crippen molar-refractivity contribution in [3.63, 3.8) is 0 Å². The summed E-state index contributed by atoms with van der Waals surface area (Å²) in [6.07, 6.45) is 3.99. The van der Waals surface area contributed by atoms with Crippen molar-refractivity contribution in [3.05, 3.63) is 11.5 Å². The van der Waals surface area contributed by atoms with Crippen molar-refractivity contribution >= 4 is 13.0 Å². The summed E-state index contributed by atoms with van der Waals surface area (Å²) in [5, 5.41) is 0. The monoisotopic (exact) mass is 265 g/mol. The minimum Gasteiger partial charge on any atom is -0.400 e. The smallest absolute Gasteiger partial charge is 0.400 e. The average Bonchev–Trinajstić information content (AvgIpc) is 2.47. The van der Waals surface area contributed by atoms with Crippen LogP contribution in [0, 0.1) is 0 Å². The predicted molar refractivity (Wildman–Crippen MR) is 75.7 cm³/mol. The number of allylic oxidation sites excluding steroid dienone is 1. The Bertz CT molecular complexity index is 387. The summed E-state index contributed by atoms with van der Waals surface area (Å²) in [6, 6.07) is 0. The van der Waals surface area contributed by atoms with Crippen LogP contribution < -0.4 is 0 Å².